The van der Waals surface area contributed by atoms with Crippen LogP contribution < -0.4 is 0 Å². The van der Waals surface area contributed by atoms with E-state index >= 15 is 0 Å². The number of nitrogens with zero attached hydrogens (tertiary/aromatic N) is 4. The van der Waals surface area contributed by atoms with Crippen molar-refractivity contribution < 1.29 is 13.2 Å². The van der Waals surface area contributed by atoms with Gasteiger partial charge in [0.15, 0.2) is 0 Å². The van der Waals surface area contributed by atoms with Crippen LogP contribution in [0.3, 0.4) is 0 Å². The summed E-state index contributed by atoms with van der Waals surface area (Å²) in [5.41, 5.74) is 0.928. The zero-order chi connectivity index (χ0) is 18.2. The van der Waals surface area contributed by atoms with Crippen LogP contribution in [-0.2, 0) is 14.8 Å². The maximum absolute atomic E-state index is 13.0. The quantitative estimate of drug-likeness (QED) is 0.810. The average Bonchev–Trinajstić information content (AvgIpc) is 3.01. The van der Waals surface area contributed by atoms with E-state index in [0.717, 1.165) is 11.7 Å². The summed E-state index contributed by atoms with van der Waals surface area (Å²) in [6.45, 7) is 7.49. The van der Waals surface area contributed by atoms with Crippen LogP contribution in [0.1, 0.15) is 27.2 Å². The van der Waals surface area contributed by atoms with E-state index < -0.39 is 10.0 Å². The van der Waals surface area contributed by atoms with Crippen molar-refractivity contribution in [1.82, 2.24) is 18.0 Å². The number of aromatic nitrogens is 2. The highest BCUT2D eigenvalue weighted by atomic mass is 32.2. The molecule has 2 heterocycles. The first-order chi connectivity index (χ1) is 11.7. The summed E-state index contributed by atoms with van der Waals surface area (Å²) in [5.74, 6) is 0.0790. The molecule has 3 rings (SSSR count). The lowest BCUT2D eigenvalue weighted by atomic mass is 9.91. The molecule has 0 bridgehead atoms. The second-order valence-corrected chi connectivity index (χ2v) is 9.85. The van der Waals surface area contributed by atoms with Crippen LogP contribution in [0.25, 0.3) is 11.0 Å². The van der Waals surface area contributed by atoms with Gasteiger partial charge in [-0.15, -0.1) is 0 Å². The smallest absolute Gasteiger partial charge is 0.245 e. The monoisotopic (exact) mass is 382 g/mol. The normalized spacial score (nSPS) is 17.2. The summed E-state index contributed by atoms with van der Waals surface area (Å²) in [4.78, 5) is 14.3. The van der Waals surface area contributed by atoms with E-state index in [2.05, 4.69) is 8.75 Å². The molecule has 0 saturated carbocycles. The lowest BCUT2D eigenvalue weighted by Crippen LogP contribution is -2.51. The minimum Gasteiger partial charge on any atom is -0.340 e. The summed E-state index contributed by atoms with van der Waals surface area (Å²) in [7, 11) is -3.64. The molecule has 1 aliphatic rings. The van der Waals surface area contributed by atoms with E-state index in [9.17, 15) is 13.2 Å². The maximum atomic E-state index is 13.0. The molecule has 7 nitrogen and oxygen atoms in total. The minimum atomic E-state index is -3.64. The molecule has 1 aliphatic heterocycles. The minimum absolute atomic E-state index is 0.0758. The van der Waals surface area contributed by atoms with Crippen molar-refractivity contribution in [3.05, 3.63) is 18.2 Å². The van der Waals surface area contributed by atoms with Crippen LogP contribution in [0, 0.1) is 5.41 Å². The second kappa shape index (κ2) is 6.62. The highest BCUT2D eigenvalue weighted by Gasteiger charge is 2.32. The van der Waals surface area contributed by atoms with E-state index in [4.69, 9.17) is 0 Å². The van der Waals surface area contributed by atoms with Crippen molar-refractivity contribution in [3.8, 4) is 0 Å². The van der Waals surface area contributed by atoms with E-state index in [1.165, 1.54) is 4.31 Å². The van der Waals surface area contributed by atoms with Crippen molar-refractivity contribution in [2.45, 2.75) is 32.1 Å². The van der Waals surface area contributed by atoms with Crippen LogP contribution in [0.4, 0.5) is 0 Å². The fourth-order valence-corrected chi connectivity index (χ4v) is 5.05. The Labute approximate surface area is 152 Å². The molecule has 0 atom stereocenters. The fourth-order valence-electron chi connectivity index (χ4n) is 2.87. The van der Waals surface area contributed by atoms with Gasteiger partial charge in [-0.25, -0.2) is 8.42 Å². The molecule has 1 aromatic heterocycles. The zero-order valence-electron chi connectivity index (χ0n) is 14.6. The van der Waals surface area contributed by atoms with E-state index in [-0.39, 0.29) is 16.2 Å². The fraction of sp³-hybridized carbons (Fsp3) is 0.562. The SMILES string of the molecule is CC(C)(C)CC(=O)N1CCN(S(=O)(=O)c2cccc3nsnc23)CC1. The second-order valence-electron chi connectivity index (χ2n) is 7.41. The summed E-state index contributed by atoms with van der Waals surface area (Å²) in [6.07, 6.45) is 0.462. The molecule has 0 spiro atoms. The van der Waals surface area contributed by atoms with Gasteiger partial charge in [0, 0.05) is 32.6 Å². The Balaban J connectivity index is 1.74. The molecule has 1 amide bonds. The number of benzene rings is 1. The van der Waals surface area contributed by atoms with Crippen LogP contribution >= 0.6 is 11.7 Å². The number of hydrogen-bond donors (Lipinski definition) is 0. The first kappa shape index (κ1) is 18.2. The predicted molar refractivity (Wildman–Crippen MR) is 96.8 cm³/mol. The number of fused-ring (bicyclic) bond motifs is 1. The van der Waals surface area contributed by atoms with Gasteiger partial charge in [0.25, 0.3) is 0 Å². The highest BCUT2D eigenvalue weighted by molar-refractivity contribution is 7.89. The average molecular weight is 383 g/mol. The van der Waals surface area contributed by atoms with Gasteiger partial charge in [0.1, 0.15) is 15.9 Å². The summed E-state index contributed by atoms with van der Waals surface area (Å²) >= 11 is 1.00. The predicted octanol–water partition coefficient (Wildman–Crippen LogP) is 1.96. The topological polar surface area (TPSA) is 83.5 Å². The molecule has 0 aliphatic carbocycles. The van der Waals surface area contributed by atoms with E-state index in [1.807, 2.05) is 20.8 Å². The van der Waals surface area contributed by atoms with Crippen LogP contribution in [-0.4, -0.2) is 58.5 Å². The Morgan fingerprint density at radius 3 is 2.48 bits per heavy atom. The molecular formula is C16H22N4O3S2. The zero-order valence-corrected chi connectivity index (χ0v) is 16.2. The van der Waals surface area contributed by atoms with Gasteiger partial charge < -0.3 is 4.90 Å². The van der Waals surface area contributed by atoms with Gasteiger partial charge in [-0.3, -0.25) is 4.79 Å². The van der Waals surface area contributed by atoms with Gasteiger partial charge in [0.2, 0.25) is 15.9 Å². The van der Waals surface area contributed by atoms with Crippen molar-refractivity contribution in [2.75, 3.05) is 26.2 Å². The van der Waals surface area contributed by atoms with Crippen molar-refractivity contribution in [2.24, 2.45) is 5.41 Å². The number of hydrogen-bond acceptors (Lipinski definition) is 6. The Kier molecular flexibility index (Phi) is 4.82. The molecule has 1 fully saturated rings. The van der Waals surface area contributed by atoms with Crippen LogP contribution in [0.15, 0.2) is 23.1 Å². The van der Waals surface area contributed by atoms with Crippen LogP contribution in [0.2, 0.25) is 0 Å². The van der Waals surface area contributed by atoms with Crippen molar-refractivity contribution in [3.63, 3.8) is 0 Å². The first-order valence-corrected chi connectivity index (χ1v) is 10.3. The first-order valence-electron chi connectivity index (χ1n) is 8.18. The molecule has 1 saturated heterocycles. The molecule has 9 heteroatoms. The number of rotatable bonds is 3. The van der Waals surface area contributed by atoms with E-state index in [1.54, 1.807) is 23.1 Å². The van der Waals surface area contributed by atoms with Gasteiger partial charge in [-0.05, 0) is 17.5 Å². The Bertz CT molecular complexity index is 878. The van der Waals surface area contributed by atoms with Gasteiger partial charge in [-0.1, -0.05) is 26.8 Å². The highest BCUT2D eigenvalue weighted by Crippen LogP contribution is 2.26. The number of sulfonamides is 1. The molecule has 0 unspecified atom stereocenters. The van der Waals surface area contributed by atoms with Gasteiger partial charge in [-0.2, -0.15) is 13.1 Å². The largest absolute Gasteiger partial charge is 0.340 e. The van der Waals surface area contributed by atoms with Gasteiger partial charge >= 0.3 is 0 Å². The summed E-state index contributed by atoms with van der Waals surface area (Å²) in [5, 5.41) is 0. The third-order valence-corrected chi connectivity index (χ3v) is 6.61. The molecule has 0 N–H and O–H groups in total. The molecule has 1 aromatic carbocycles. The number of piperazine rings is 1. The third kappa shape index (κ3) is 3.83. The molecule has 2 aromatic rings. The molecule has 25 heavy (non-hydrogen) atoms. The Hall–Kier alpha value is -1.58. The number of carbonyl (C=O) groups excluding carboxylic acids is 1. The summed E-state index contributed by atoms with van der Waals surface area (Å²) < 4.78 is 35.6. The number of amides is 1. The molecule has 0 radical (unpaired) electrons. The van der Waals surface area contributed by atoms with Crippen molar-refractivity contribution >= 4 is 38.7 Å². The van der Waals surface area contributed by atoms with Crippen molar-refractivity contribution in [1.29, 1.82) is 0 Å². The number of carbonyl (C=O) groups is 1. The Morgan fingerprint density at radius 2 is 1.84 bits per heavy atom. The lowest BCUT2D eigenvalue weighted by Gasteiger charge is -2.35. The van der Waals surface area contributed by atoms with E-state index in [0.29, 0.717) is 43.6 Å². The standard InChI is InChI=1S/C16H22N4O3S2/c1-16(2,3)11-14(21)19-7-9-20(10-8-19)25(22,23)13-6-4-5-12-15(13)18-24-17-12/h4-6H,7-11H2,1-3H3. The lowest BCUT2D eigenvalue weighted by molar-refractivity contribution is -0.134. The Morgan fingerprint density at radius 1 is 1.16 bits per heavy atom. The molecule has 136 valence electrons. The third-order valence-electron chi connectivity index (χ3n) is 4.14. The van der Waals surface area contributed by atoms with Gasteiger partial charge in [0.05, 0.1) is 11.7 Å². The maximum Gasteiger partial charge on any atom is 0.245 e. The molecular weight excluding hydrogens is 360 g/mol. The van der Waals surface area contributed by atoms with Crippen LogP contribution in [0.5, 0.6) is 0 Å². The summed E-state index contributed by atoms with van der Waals surface area (Å²) in [6, 6.07) is 5.00.